The van der Waals surface area contributed by atoms with Gasteiger partial charge in [-0.25, -0.2) is 0 Å². The molecule has 2 aliphatic rings. The second kappa shape index (κ2) is 6.67. The summed E-state index contributed by atoms with van der Waals surface area (Å²) in [5.41, 5.74) is 1.31. The van der Waals surface area contributed by atoms with Crippen molar-refractivity contribution in [1.29, 1.82) is 0 Å². The lowest BCUT2D eigenvalue weighted by Crippen LogP contribution is -2.55. The second-order valence-electron chi connectivity index (χ2n) is 6.37. The highest BCUT2D eigenvalue weighted by atomic mass is 16.5. The fourth-order valence-corrected chi connectivity index (χ4v) is 3.54. The maximum atomic E-state index is 5.23. The fourth-order valence-electron chi connectivity index (χ4n) is 3.54. The zero-order valence-corrected chi connectivity index (χ0v) is 13.2. The first kappa shape index (κ1) is 14.7. The Morgan fingerprint density at radius 1 is 1.05 bits per heavy atom. The average Bonchev–Trinajstić information content (AvgIpc) is 2.55. The molecule has 116 valence electrons. The molecular weight excluding hydrogens is 262 g/mol. The standard InChI is InChI=1S/C17H27N3O/c1-14-11-16(13-18-12-14)20-9-7-19(8-10-20)15-3-5-17(21-2)6-4-15/h3-6,14,16,18H,7-13H2,1-2H3. The lowest BCUT2D eigenvalue weighted by Gasteiger charge is -2.42. The molecule has 0 saturated carbocycles. The SMILES string of the molecule is COc1ccc(N2CCN(C3CNCC(C)C3)CC2)cc1. The van der Waals surface area contributed by atoms with Gasteiger partial charge < -0.3 is 15.0 Å². The smallest absolute Gasteiger partial charge is 0.119 e. The number of hydrogen-bond acceptors (Lipinski definition) is 4. The first-order valence-electron chi connectivity index (χ1n) is 8.10. The predicted molar refractivity (Wildman–Crippen MR) is 87.2 cm³/mol. The van der Waals surface area contributed by atoms with Crippen LogP contribution in [0.5, 0.6) is 5.75 Å². The summed E-state index contributed by atoms with van der Waals surface area (Å²) in [5, 5.41) is 3.57. The topological polar surface area (TPSA) is 27.7 Å². The van der Waals surface area contributed by atoms with E-state index in [4.69, 9.17) is 4.74 Å². The molecule has 3 rings (SSSR count). The lowest BCUT2D eigenvalue weighted by atomic mass is 9.96. The average molecular weight is 289 g/mol. The quantitative estimate of drug-likeness (QED) is 0.918. The first-order valence-corrected chi connectivity index (χ1v) is 8.10. The van der Waals surface area contributed by atoms with E-state index in [2.05, 4.69) is 46.3 Å². The molecule has 4 nitrogen and oxygen atoms in total. The number of piperidine rings is 1. The van der Waals surface area contributed by atoms with Gasteiger partial charge in [0.1, 0.15) is 5.75 Å². The molecule has 0 amide bonds. The Hall–Kier alpha value is -1.26. The minimum Gasteiger partial charge on any atom is -0.497 e. The number of benzene rings is 1. The molecule has 4 heteroatoms. The number of nitrogens with zero attached hydrogens (tertiary/aromatic N) is 2. The fraction of sp³-hybridized carbons (Fsp3) is 0.647. The Morgan fingerprint density at radius 3 is 2.38 bits per heavy atom. The van der Waals surface area contributed by atoms with Crippen LogP contribution >= 0.6 is 0 Å². The molecule has 21 heavy (non-hydrogen) atoms. The Balaban J connectivity index is 1.54. The summed E-state index contributed by atoms with van der Waals surface area (Å²) >= 11 is 0. The van der Waals surface area contributed by atoms with Gasteiger partial charge in [0.05, 0.1) is 7.11 Å². The maximum Gasteiger partial charge on any atom is 0.119 e. The van der Waals surface area contributed by atoms with E-state index in [1.54, 1.807) is 7.11 Å². The molecule has 2 unspecified atom stereocenters. The molecular formula is C17H27N3O. The Bertz CT molecular complexity index is 440. The largest absolute Gasteiger partial charge is 0.497 e. The van der Waals surface area contributed by atoms with Gasteiger partial charge in [-0.05, 0) is 43.1 Å². The molecule has 0 spiro atoms. The van der Waals surface area contributed by atoms with Crippen LogP contribution in [0.15, 0.2) is 24.3 Å². The zero-order valence-electron chi connectivity index (χ0n) is 13.2. The van der Waals surface area contributed by atoms with Crippen molar-refractivity contribution in [2.24, 2.45) is 5.92 Å². The Labute approximate surface area is 128 Å². The van der Waals surface area contributed by atoms with Crippen molar-refractivity contribution in [2.45, 2.75) is 19.4 Å². The number of piperazine rings is 1. The highest BCUT2D eigenvalue weighted by Gasteiger charge is 2.27. The molecule has 1 N–H and O–H groups in total. The summed E-state index contributed by atoms with van der Waals surface area (Å²) in [6, 6.07) is 9.16. The molecule has 2 aliphatic heterocycles. The minimum absolute atomic E-state index is 0.728. The summed E-state index contributed by atoms with van der Waals surface area (Å²) in [4.78, 5) is 5.15. The molecule has 2 heterocycles. The normalized spacial score (nSPS) is 27.6. The van der Waals surface area contributed by atoms with Gasteiger partial charge in [0.15, 0.2) is 0 Å². The van der Waals surface area contributed by atoms with Crippen LogP contribution < -0.4 is 15.0 Å². The minimum atomic E-state index is 0.728. The third-order valence-electron chi connectivity index (χ3n) is 4.82. The molecule has 2 fully saturated rings. The van der Waals surface area contributed by atoms with Crippen molar-refractivity contribution in [3.8, 4) is 5.75 Å². The van der Waals surface area contributed by atoms with Crippen LogP contribution in [0.25, 0.3) is 0 Å². The van der Waals surface area contributed by atoms with Gasteiger partial charge in [0.25, 0.3) is 0 Å². The van der Waals surface area contributed by atoms with Crippen LogP contribution in [0, 0.1) is 5.92 Å². The molecule has 0 bridgehead atoms. The van der Waals surface area contributed by atoms with Crippen molar-refractivity contribution in [2.75, 3.05) is 51.3 Å². The second-order valence-corrected chi connectivity index (χ2v) is 6.37. The van der Waals surface area contributed by atoms with Gasteiger partial charge in [0, 0.05) is 44.5 Å². The van der Waals surface area contributed by atoms with Crippen molar-refractivity contribution < 1.29 is 4.74 Å². The van der Waals surface area contributed by atoms with Gasteiger partial charge in [-0.3, -0.25) is 4.90 Å². The molecule has 1 aromatic carbocycles. The summed E-state index contributed by atoms with van der Waals surface area (Å²) in [6.07, 6.45) is 1.34. The summed E-state index contributed by atoms with van der Waals surface area (Å²) < 4.78 is 5.23. The zero-order chi connectivity index (χ0) is 14.7. The van der Waals surface area contributed by atoms with Crippen molar-refractivity contribution in [1.82, 2.24) is 10.2 Å². The predicted octanol–water partition coefficient (Wildman–Crippen LogP) is 1.82. The van der Waals surface area contributed by atoms with Crippen molar-refractivity contribution in [3.05, 3.63) is 24.3 Å². The number of anilines is 1. The first-order chi connectivity index (χ1) is 10.3. The van der Waals surface area contributed by atoms with E-state index < -0.39 is 0 Å². The third-order valence-corrected chi connectivity index (χ3v) is 4.82. The van der Waals surface area contributed by atoms with E-state index in [-0.39, 0.29) is 0 Å². The summed E-state index contributed by atoms with van der Waals surface area (Å²) in [6.45, 7) is 9.28. The number of ether oxygens (including phenoxy) is 1. The van der Waals surface area contributed by atoms with Gasteiger partial charge in [0.2, 0.25) is 0 Å². The molecule has 0 aliphatic carbocycles. The molecule has 2 atom stereocenters. The number of methoxy groups -OCH3 is 1. The molecule has 0 aromatic heterocycles. The van der Waals surface area contributed by atoms with Gasteiger partial charge in [-0.2, -0.15) is 0 Å². The van der Waals surface area contributed by atoms with Crippen LogP contribution in [-0.2, 0) is 0 Å². The third kappa shape index (κ3) is 3.50. The summed E-state index contributed by atoms with van der Waals surface area (Å²) in [5.74, 6) is 1.74. The van der Waals surface area contributed by atoms with Crippen LogP contribution in [0.2, 0.25) is 0 Å². The number of hydrogen-bond donors (Lipinski definition) is 1. The van der Waals surface area contributed by atoms with Gasteiger partial charge in [-0.1, -0.05) is 6.92 Å². The monoisotopic (exact) mass is 289 g/mol. The number of nitrogens with one attached hydrogen (secondary N) is 1. The Kier molecular flexibility index (Phi) is 4.66. The van der Waals surface area contributed by atoms with E-state index >= 15 is 0 Å². The van der Waals surface area contributed by atoms with E-state index in [1.807, 2.05) is 0 Å². The highest BCUT2D eigenvalue weighted by molar-refractivity contribution is 5.49. The molecule has 1 aromatic rings. The molecule has 2 saturated heterocycles. The van der Waals surface area contributed by atoms with Crippen LogP contribution in [0.3, 0.4) is 0 Å². The number of rotatable bonds is 3. The van der Waals surface area contributed by atoms with E-state index in [0.717, 1.165) is 37.3 Å². The van der Waals surface area contributed by atoms with Gasteiger partial charge in [-0.15, -0.1) is 0 Å². The maximum absolute atomic E-state index is 5.23. The van der Waals surface area contributed by atoms with E-state index in [0.29, 0.717) is 0 Å². The summed E-state index contributed by atoms with van der Waals surface area (Å²) in [7, 11) is 1.72. The van der Waals surface area contributed by atoms with Crippen LogP contribution in [0.1, 0.15) is 13.3 Å². The van der Waals surface area contributed by atoms with Crippen LogP contribution in [-0.4, -0.2) is 57.3 Å². The van der Waals surface area contributed by atoms with Crippen LogP contribution in [0.4, 0.5) is 5.69 Å². The Morgan fingerprint density at radius 2 is 1.76 bits per heavy atom. The van der Waals surface area contributed by atoms with Gasteiger partial charge >= 0.3 is 0 Å². The van der Waals surface area contributed by atoms with Crippen molar-refractivity contribution >= 4 is 5.69 Å². The van der Waals surface area contributed by atoms with E-state index in [9.17, 15) is 0 Å². The lowest BCUT2D eigenvalue weighted by molar-refractivity contribution is 0.138. The highest BCUT2D eigenvalue weighted by Crippen LogP contribution is 2.22. The molecule has 0 radical (unpaired) electrons. The van der Waals surface area contributed by atoms with E-state index in [1.165, 1.54) is 31.7 Å². The van der Waals surface area contributed by atoms with Crippen molar-refractivity contribution in [3.63, 3.8) is 0 Å².